The van der Waals surface area contributed by atoms with Gasteiger partial charge in [-0.25, -0.2) is 0 Å². The molecule has 5 nitrogen and oxygen atoms in total. The van der Waals surface area contributed by atoms with Crippen molar-refractivity contribution in [1.82, 2.24) is 9.80 Å². The van der Waals surface area contributed by atoms with Gasteiger partial charge >= 0.3 is 0 Å². The Morgan fingerprint density at radius 1 is 1.14 bits per heavy atom. The summed E-state index contributed by atoms with van der Waals surface area (Å²) in [4.78, 5) is 16.8. The maximum atomic E-state index is 12.2. The maximum absolute atomic E-state index is 12.2. The van der Waals surface area contributed by atoms with Crippen molar-refractivity contribution in [2.45, 2.75) is 63.1 Å². The minimum Gasteiger partial charge on any atom is -0.385 e. The van der Waals surface area contributed by atoms with Crippen LogP contribution in [0.25, 0.3) is 0 Å². The molecular formula is C17H32N2O3. The van der Waals surface area contributed by atoms with Gasteiger partial charge in [-0.3, -0.25) is 4.79 Å². The van der Waals surface area contributed by atoms with E-state index in [-0.39, 0.29) is 0 Å². The molecule has 0 atom stereocenters. The fraction of sp³-hybridized carbons (Fsp3) is 0.941. The number of unbranched alkanes of at least 4 members (excludes halogenated alkanes) is 1. The first-order valence-electron chi connectivity index (χ1n) is 8.67. The largest absolute Gasteiger partial charge is 0.385 e. The molecule has 0 unspecified atom stereocenters. The number of nitrogens with zero attached hydrogens (tertiary/aromatic N) is 2. The van der Waals surface area contributed by atoms with Crippen LogP contribution in [-0.2, 0) is 14.3 Å². The van der Waals surface area contributed by atoms with E-state index in [1.807, 2.05) is 0 Å². The van der Waals surface area contributed by atoms with Crippen LogP contribution in [-0.4, -0.2) is 74.9 Å². The van der Waals surface area contributed by atoms with Crippen LogP contribution < -0.4 is 0 Å². The molecule has 5 heteroatoms. The summed E-state index contributed by atoms with van der Waals surface area (Å²) in [5, 5.41) is 0. The van der Waals surface area contributed by atoms with Gasteiger partial charge in [0.2, 0.25) is 5.91 Å². The van der Waals surface area contributed by atoms with Gasteiger partial charge in [0.15, 0.2) is 0 Å². The standard InChI is InChI=1S/C17H32N2O3/c1-18(15-12-16(13-15)22-3)14-7-9-19(10-8-14)17(20)6-4-5-11-21-2/h14-16H,4-13H2,1-3H3. The van der Waals surface area contributed by atoms with Crippen LogP contribution in [0.5, 0.6) is 0 Å². The smallest absolute Gasteiger partial charge is 0.222 e. The summed E-state index contributed by atoms with van der Waals surface area (Å²) in [7, 11) is 5.75. The van der Waals surface area contributed by atoms with Crippen molar-refractivity contribution in [3.8, 4) is 0 Å². The number of amides is 1. The van der Waals surface area contributed by atoms with Crippen molar-refractivity contribution < 1.29 is 14.3 Å². The summed E-state index contributed by atoms with van der Waals surface area (Å²) >= 11 is 0. The molecule has 0 spiro atoms. The molecule has 2 aliphatic rings. The van der Waals surface area contributed by atoms with Gasteiger partial charge < -0.3 is 19.3 Å². The average molecular weight is 312 g/mol. The zero-order valence-electron chi connectivity index (χ0n) is 14.4. The van der Waals surface area contributed by atoms with E-state index in [0.29, 0.717) is 30.5 Å². The predicted molar refractivity (Wildman–Crippen MR) is 86.9 cm³/mol. The van der Waals surface area contributed by atoms with Gasteiger partial charge in [0, 0.05) is 52.4 Å². The van der Waals surface area contributed by atoms with Crippen molar-refractivity contribution in [3.05, 3.63) is 0 Å². The summed E-state index contributed by atoms with van der Waals surface area (Å²) in [6.45, 7) is 2.58. The lowest BCUT2D eigenvalue weighted by Gasteiger charge is -2.46. The van der Waals surface area contributed by atoms with Crippen LogP contribution in [0, 0.1) is 0 Å². The minimum atomic E-state index is 0.320. The van der Waals surface area contributed by atoms with Crippen LogP contribution in [0.15, 0.2) is 0 Å². The number of likely N-dealkylation sites (tertiary alicyclic amines) is 1. The Bertz CT molecular complexity index is 337. The summed E-state index contributed by atoms with van der Waals surface area (Å²) in [5.74, 6) is 0.320. The Hall–Kier alpha value is -0.650. The summed E-state index contributed by atoms with van der Waals surface area (Å²) < 4.78 is 10.4. The Morgan fingerprint density at radius 3 is 2.41 bits per heavy atom. The molecule has 2 rings (SSSR count). The lowest BCUT2D eigenvalue weighted by Crippen LogP contribution is -2.53. The summed E-state index contributed by atoms with van der Waals surface area (Å²) in [6, 6.07) is 1.30. The minimum absolute atomic E-state index is 0.320. The van der Waals surface area contributed by atoms with E-state index < -0.39 is 0 Å². The first-order valence-corrected chi connectivity index (χ1v) is 8.67. The van der Waals surface area contributed by atoms with Crippen LogP contribution in [0.4, 0.5) is 0 Å². The fourth-order valence-electron chi connectivity index (χ4n) is 3.56. The molecule has 1 saturated heterocycles. The van der Waals surface area contributed by atoms with E-state index in [1.54, 1.807) is 14.2 Å². The Balaban J connectivity index is 1.64. The second-order valence-electron chi connectivity index (χ2n) is 6.71. The van der Waals surface area contributed by atoms with Crippen molar-refractivity contribution >= 4 is 5.91 Å². The van der Waals surface area contributed by atoms with E-state index in [4.69, 9.17) is 9.47 Å². The molecule has 0 aromatic heterocycles. The highest BCUT2D eigenvalue weighted by atomic mass is 16.5. The van der Waals surface area contributed by atoms with Crippen LogP contribution in [0.3, 0.4) is 0 Å². The lowest BCUT2D eigenvalue weighted by molar-refractivity contribution is -0.133. The molecule has 1 aliphatic carbocycles. The van der Waals surface area contributed by atoms with E-state index in [1.165, 1.54) is 0 Å². The SMILES string of the molecule is COCCCCC(=O)N1CCC(N(C)C2CC(OC)C2)CC1. The van der Waals surface area contributed by atoms with Crippen LogP contribution >= 0.6 is 0 Å². The van der Waals surface area contributed by atoms with Crippen LogP contribution in [0.1, 0.15) is 44.9 Å². The van der Waals surface area contributed by atoms with Gasteiger partial charge in [0.25, 0.3) is 0 Å². The number of hydrogen-bond donors (Lipinski definition) is 0. The molecule has 0 radical (unpaired) electrons. The van der Waals surface area contributed by atoms with Gasteiger partial charge in [0.1, 0.15) is 0 Å². The molecule has 1 amide bonds. The first-order chi connectivity index (χ1) is 10.7. The molecule has 128 valence electrons. The molecular weight excluding hydrogens is 280 g/mol. The fourth-order valence-corrected chi connectivity index (χ4v) is 3.56. The predicted octanol–water partition coefficient (Wildman–Crippen LogP) is 1.90. The molecule has 0 aromatic carbocycles. The lowest BCUT2D eigenvalue weighted by atomic mass is 9.86. The monoisotopic (exact) mass is 312 g/mol. The normalized spacial score (nSPS) is 26.3. The van der Waals surface area contributed by atoms with Gasteiger partial charge in [-0.15, -0.1) is 0 Å². The molecule has 0 aromatic rings. The number of rotatable bonds is 8. The average Bonchev–Trinajstić information content (AvgIpc) is 2.50. The molecule has 0 N–H and O–H groups in total. The molecule has 2 fully saturated rings. The summed E-state index contributed by atoms with van der Waals surface area (Å²) in [6.07, 6.45) is 7.57. The number of hydrogen-bond acceptors (Lipinski definition) is 4. The Labute approximate surface area is 134 Å². The van der Waals surface area contributed by atoms with Crippen molar-refractivity contribution in [1.29, 1.82) is 0 Å². The number of methoxy groups -OCH3 is 2. The topological polar surface area (TPSA) is 42.0 Å². The maximum Gasteiger partial charge on any atom is 0.222 e. The molecule has 22 heavy (non-hydrogen) atoms. The van der Waals surface area contributed by atoms with E-state index in [9.17, 15) is 4.79 Å². The van der Waals surface area contributed by atoms with E-state index >= 15 is 0 Å². The Kier molecular flexibility index (Phi) is 7.12. The van der Waals surface area contributed by atoms with Gasteiger partial charge in [0.05, 0.1) is 6.10 Å². The second-order valence-corrected chi connectivity index (χ2v) is 6.71. The number of ether oxygens (including phenoxy) is 2. The third-order valence-electron chi connectivity index (χ3n) is 5.36. The van der Waals surface area contributed by atoms with Crippen molar-refractivity contribution in [2.24, 2.45) is 0 Å². The summed E-state index contributed by atoms with van der Waals surface area (Å²) in [5.41, 5.74) is 0. The van der Waals surface area contributed by atoms with Crippen molar-refractivity contribution in [2.75, 3.05) is 41.0 Å². The van der Waals surface area contributed by atoms with E-state index in [2.05, 4.69) is 16.8 Å². The third-order valence-corrected chi connectivity index (χ3v) is 5.36. The third kappa shape index (κ3) is 4.67. The quantitative estimate of drug-likeness (QED) is 0.642. The highest BCUT2D eigenvalue weighted by Gasteiger charge is 2.36. The van der Waals surface area contributed by atoms with Gasteiger partial charge in [-0.05, 0) is 45.6 Å². The number of carbonyl (C=O) groups excluding carboxylic acids is 1. The molecule has 1 saturated carbocycles. The van der Waals surface area contributed by atoms with Crippen molar-refractivity contribution in [3.63, 3.8) is 0 Å². The zero-order chi connectivity index (χ0) is 15.9. The van der Waals surface area contributed by atoms with Gasteiger partial charge in [-0.1, -0.05) is 0 Å². The molecule has 1 aliphatic heterocycles. The molecule has 1 heterocycles. The highest BCUT2D eigenvalue weighted by Crippen LogP contribution is 2.30. The Morgan fingerprint density at radius 2 is 1.82 bits per heavy atom. The number of carbonyl (C=O) groups is 1. The number of piperidine rings is 1. The first kappa shape index (κ1) is 17.7. The zero-order valence-corrected chi connectivity index (χ0v) is 14.4. The van der Waals surface area contributed by atoms with Gasteiger partial charge in [-0.2, -0.15) is 0 Å². The second kappa shape index (κ2) is 8.85. The van der Waals surface area contributed by atoms with Crippen LogP contribution in [0.2, 0.25) is 0 Å². The molecule has 0 bridgehead atoms. The van der Waals surface area contributed by atoms with E-state index in [0.717, 1.165) is 58.2 Å². The highest BCUT2D eigenvalue weighted by molar-refractivity contribution is 5.76.